The Kier molecular flexibility index (Phi) is 2.23. The van der Waals surface area contributed by atoms with Crippen LogP contribution in [-0.4, -0.2) is 19.2 Å². The van der Waals surface area contributed by atoms with Crippen molar-refractivity contribution < 1.29 is 9.52 Å². The van der Waals surface area contributed by atoms with Crippen molar-refractivity contribution in [1.82, 2.24) is 4.58 Å². The average Bonchev–Trinajstić information content (AvgIpc) is 2.16. The Morgan fingerprint density at radius 3 is 2.60 bits per heavy atom. The lowest BCUT2D eigenvalue weighted by molar-refractivity contribution is 0.467. The largest absolute Gasteiger partial charge is 0.508 e. The Labute approximate surface area is 87.9 Å². The van der Waals surface area contributed by atoms with Crippen molar-refractivity contribution >= 4 is 11.0 Å². The molecule has 0 unspecified atom stereocenters. The number of phenolic OH excluding ortho intramolecular Hbond substituents is 1. The van der Waals surface area contributed by atoms with Crippen molar-refractivity contribution in [3.05, 3.63) is 35.4 Å². The first-order valence-corrected chi connectivity index (χ1v) is 4.82. The lowest BCUT2D eigenvalue weighted by Gasteiger charge is -2.00. The quantitative estimate of drug-likeness (QED) is 0.660. The van der Waals surface area contributed by atoms with Gasteiger partial charge in [0.1, 0.15) is 25.4 Å². The number of rotatable bonds is 0. The van der Waals surface area contributed by atoms with Gasteiger partial charge in [-0.1, -0.05) is 0 Å². The van der Waals surface area contributed by atoms with E-state index in [2.05, 4.69) is 0 Å². The van der Waals surface area contributed by atoms with Gasteiger partial charge in [-0.3, -0.25) is 0 Å². The molecule has 0 aliphatic rings. The first-order chi connectivity index (χ1) is 7.08. The zero-order valence-corrected chi connectivity index (χ0v) is 9.11. The summed E-state index contributed by atoms with van der Waals surface area (Å²) in [5.74, 6) is 0.224. The van der Waals surface area contributed by atoms with Crippen LogP contribution in [0.5, 0.6) is 5.75 Å². The van der Waals surface area contributed by atoms with Crippen LogP contribution in [0.3, 0.4) is 0 Å². The molecule has 0 atom stereocenters. The van der Waals surface area contributed by atoms with Gasteiger partial charge < -0.3 is 9.52 Å². The molecule has 0 saturated carbocycles. The first kappa shape index (κ1) is 9.77. The third-order valence-electron chi connectivity index (χ3n) is 2.39. The van der Waals surface area contributed by atoms with Crippen LogP contribution in [0.2, 0.25) is 0 Å². The molecule has 0 aliphatic carbocycles. The molecular formula is C12H14NO2+. The molecule has 0 radical (unpaired) electrons. The Bertz CT molecular complexity index is 578. The molecule has 0 amide bonds. The van der Waals surface area contributed by atoms with Crippen LogP contribution in [0.25, 0.3) is 11.0 Å². The molecule has 0 saturated heterocycles. The van der Waals surface area contributed by atoms with E-state index in [4.69, 9.17) is 4.42 Å². The van der Waals surface area contributed by atoms with Crippen molar-refractivity contribution in [2.75, 3.05) is 14.1 Å². The summed E-state index contributed by atoms with van der Waals surface area (Å²) in [6.45, 7) is 2.03. The van der Waals surface area contributed by atoms with Crippen LogP contribution in [0.4, 0.5) is 0 Å². The Balaban J connectivity index is 2.92. The fourth-order valence-electron chi connectivity index (χ4n) is 1.55. The van der Waals surface area contributed by atoms with Crippen LogP contribution in [0.15, 0.2) is 28.7 Å². The summed E-state index contributed by atoms with van der Waals surface area (Å²) in [5, 5.41) is 10.4. The molecule has 15 heavy (non-hydrogen) atoms. The molecule has 1 aromatic carbocycles. The number of hydrogen-bond acceptors (Lipinski definition) is 2. The molecule has 0 spiro atoms. The third kappa shape index (κ3) is 1.73. The van der Waals surface area contributed by atoms with E-state index in [-0.39, 0.29) is 5.75 Å². The highest BCUT2D eigenvalue weighted by molar-refractivity contribution is 5.81. The monoisotopic (exact) mass is 204 g/mol. The van der Waals surface area contributed by atoms with E-state index in [1.165, 1.54) is 0 Å². The van der Waals surface area contributed by atoms with E-state index in [0.29, 0.717) is 5.58 Å². The van der Waals surface area contributed by atoms with Gasteiger partial charge in [0.05, 0.1) is 6.07 Å². The Morgan fingerprint density at radius 1 is 1.20 bits per heavy atom. The molecule has 1 heterocycles. The lowest BCUT2D eigenvalue weighted by atomic mass is 10.1. The standard InChI is InChI=1S/C12H13NO2/c1-8-6-12(13(2)3)15-11-7-9(14)4-5-10(8)11/h4-7H,1-3H3/p+1. The molecule has 1 N–H and O–H groups in total. The second kappa shape index (κ2) is 3.42. The van der Waals surface area contributed by atoms with Crippen molar-refractivity contribution in [3.8, 4) is 5.75 Å². The summed E-state index contributed by atoms with van der Waals surface area (Å²) in [7, 11) is 3.85. The first-order valence-electron chi connectivity index (χ1n) is 4.82. The van der Waals surface area contributed by atoms with Crippen LogP contribution in [0, 0.1) is 6.92 Å². The molecule has 0 aliphatic heterocycles. The zero-order valence-electron chi connectivity index (χ0n) is 9.11. The fraction of sp³-hybridized carbons (Fsp3) is 0.250. The second-order valence-electron chi connectivity index (χ2n) is 3.84. The maximum atomic E-state index is 9.38. The van der Waals surface area contributed by atoms with Crippen molar-refractivity contribution in [1.29, 1.82) is 0 Å². The lowest BCUT2D eigenvalue weighted by Crippen LogP contribution is -2.21. The maximum Gasteiger partial charge on any atom is 0.367 e. The number of phenols is 1. The van der Waals surface area contributed by atoms with Crippen LogP contribution in [-0.2, 0) is 0 Å². The smallest absolute Gasteiger partial charge is 0.367 e. The summed E-state index contributed by atoms with van der Waals surface area (Å²) in [5.41, 5.74) is 2.63. The van der Waals surface area contributed by atoms with Gasteiger partial charge in [-0.25, -0.2) is 4.58 Å². The van der Waals surface area contributed by atoms with Gasteiger partial charge in [0.25, 0.3) is 0 Å². The summed E-state index contributed by atoms with van der Waals surface area (Å²) in [4.78, 5) is 0. The third-order valence-corrected chi connectivity index (χ3v) is 2.39. The van der Waals surface area contributed by atoms with Crippen LogP contribution >= 0.6 is 0 Å². The van der Waals surface area contributed by atoms with Crippen LogP contribution < -0.4 is 10.1 Å². The molecule has 0 bridgehead atoms. The maximum absolute atomic E-state index is 9.38. The minimum Gasteiger partial charge on any atom is -0.508 e. The molecular weight excluding hydrogens is 190 g/mol. The van der Waals surface area contributed by atoms with E-state index in [1.54, 1.807) is 12.1 Å². The number of nitrogens with zero attached hydrogens (tertiary/aromatic N) is 1. The SMILES string of the molecule is Cc1cc(=[N+](C)C)oc2cc(O)ccc12. The highest BCUT2D eigenvalue weighted by Gasteiger charge is 2.04. The van der Waals surface area contributed by atoms with Gasteiger partial charge in [-0.15, -0.1) is 0 Å². The summed E-state index contributed by atoms with van der Waals surface area (Å²) < 4.78 is 7.55. The van der Waals surface area contributed by atoms with Gasteiger partial charge in [0, 0.05) is 11.5 Å². The van der Waals surface area contributed by atoms with Crippen molar-refractivity contribution in [2.45, 2.75) is 6.92 Å². The number of aryl methyl sites for hydroxylation is 1. The highest BCUT2D eigenvalue weighted by Crippen LogP contribution is 2.20. The highest BCUT2D eigenvalue weighted by atomic mass is 16.3. The number of benzene rings is 1. The van der Waals surface area contributed by atoms with E-state index in [0.717, 1.165) is 16.5 Å². The number of fused-ring (bicyclic) bond motifs is 1. The molecule has 3 heteroatoms. The zero-order chi connectivity index (χ0) is 11.0. The summed E-state index contributed by atoms with van der Waals surface area (Å²) in [6.07, 6.45) is 0. The minimum absolute atomic E-state index is 0.224. The van der Waals surface area contributed by atoms with E-state index in [1.807, 2.05) is 37.7 Å². The van der Waals surface area contributed by atoms with Gasteiger partial charge in [0.15, 0.2) is 0 Å². The topological polar surface area (TPSA) is 36.4 Å². The predicted molar refractivity (Wildman–Crippen MR) is 59.7 cm³/mol. The Morgan fingerprint density at radius 2 is 1.93 bits per heavy atom. The second-order valence-corrected chi connectivity index (χ2v) is 3.84. The molecule has 78 valence electrons. The summed E-state index contributed by atoms with van der Waals surface area (Å²) in [6, 6.07) is 7.15. The van der Waals surface area contributed by atoms with Crippen molar-refractivity contribution in [2.24, 2.45) is 0 Å². The number of hydrogen-bond donors (Lipinski definition) is 1. The van der Waals surface area contributed by atoms with Crippen LogP contribution in [0.1, 0.15) is 5.56 Å². The average molecular weight is 204 g/mol. The van der Waals surface area contributed by atoms with Crippen molar-refractivity contribution in [3.63, 3.8) is 0 Å². The normalized spacial score (nSPS) is 10.6. The van der Waals surface area contributed by atoms with Gasteiger partial charge in [-0.2, -0.15) is 0 Å². The molecule has 2 rings (SSSR count). The van der Waals surface area contributed by atoms with E-state index in [9.17, 15) is 5.11 Å². The molecule has 2 aromatic rings. The summed E-state index contributed by atoms with van der Waals surface area (Å²) >= 11 is 0. The molecule has 1 aromatic heterocycles. The Hall–Kier alpha value is -1.77. The molecule has 3 nitrogen and oxygen atoms in total. The van der Waals surface area contributed by atoms with Gasteiger partial charge >= 0.3 is 5.55 Å². The number of aromatic hydroxyl groups is 1. The predicted octanol–water partition coefficient (Wildman–Crippen LogP) is 1.48. The van der Waals surface area contributed by atoms with Gasteiger partial charge in [0.2, 0.25) is 0 Å². The van der Waals surface area contributed by atoms with Gasteiger partial charge in [-0.05, 0) is 24.6 Å². The van der Waals surface area contributed by atoms with E-state index >= 15 is 0 Å². The molecule has 0 fully saturated rings. The minimum atomic E-state index is 0.224. The fourth-order valence-corrected chi connectivity index (χ4v) is 1.55. The van der Waals surface area contributed by atoms with E-state index < -0.39 is 0 Å².